The first-order chi connectivity index (χ1) is 15.9. The minimum atomic E-state index is -0.407. The van der Waals surface area contributed by atoms with E-state index in [4.69, 9.17) is 9.47 Å². The molecule has 2 heterocycles. The highest BCUT2D eigenvalue weighted by atomic mass is 16.5. The average molecular weight is 455 g/mol. The molecular weight excluding hydrogens is 416 g/mol. The molecule has 0 saturated heterocycles. The maximum atomic E-state index is 13.8. The standard InChI is InChI=1S/C27H38N2O4/c1-5-6-15-32-20-10-7-9-19(17-20)24-23-25(30)21-16-18(2)11-12-22(21)33-26(23)27(31)29(24)14-8-13-28(3)4/h7,9-10,17-18,21-22,24H,5-6,8,11-16H2,1-4H3. The van der Waals surface area contributed by atoms with Gasteiger partial charge in [0.2, 0.25) is 0 Å². The zero-order chi connectivity index (χ0) is 23.5. The van der Waals surface area contributed by atoms with Gasteiger partial charge in [-0.1, -0.05) is 32.4 Å². The maximum absolute atomic E-state index is 13.8. The molecule has 1 fully saturated rings. The zero-order valence-electron chi connectivity index (χ0n) is 20.5. The molecule has 4 unspecified atom stereocenters. The van der Waals surface area contributed by atoms with Gasteiger partial charge in [-0.2, -0.15) is 0 Å². The van der Waals surface area contributed by atoms with Crippen molar-refractivity contribution in [1.29, 1.82) is 0 Å². The molecule has 3 aliphatic rings. The van der Waals surface area contributed by atoms with Gasteiger partial charge in [-0.3, -0.25) is 9.59 Å². The van der Waals surface area contributed by atoms with Crippen LogP contribution in [-0.2, 0) is 14.3 Å². The Morgan fingerprint density at radius 1 is 1.18 bits per heavy atom. The second kappa shape index (κ2) is 10.3. The predicted octanol–water partition coefficient (Wildman–Crippen LogP) is 4.36. The lowest BCUT2D eigenvalue weighted by atomic mass is 9.74. The van der Waals surface area contributed by atoms with Gasteiger partial charge in [0.25, 0.3) is 5.91 Å². The molecule has 33 heavy (non-hydrogen) atoms. The summed E-state index contributed by atoms with van der Waals surface area (Å²) in [7, 11) is 4.06. The molecule has 6 nitrogen and oxygen atoms in total. The van der Waals surface area contributed by atoms with Crippen LogP contribution in [0.1, 0.15) is 64.0 Å². The zero-order valence-corrected chi connectivity index (χ0v) is 20.5. The van der Waals surface area contributed by atoms with Crippen LogP contribution < -0.4 is 4.74 Å². The molecule has 1 aromatic carbocycles. The van der Waals surface area contributed by atoms with Gasteiger partial charge in [0.05, 0.1) is 24.1 Å². The van der Waals surface area contributed by atoms with Crippen LogP contribution in [0.2, 0.25) is 0 Å². The normalized spacial score (nSPS) is 27.0. The number of ether oxygens (including phenoxy) is 2. The monoisotopic (exact) mass is 454 g/mol. The highest BCUT2D eigenvalue weighted by molar-refractivity contribution is 6.11. The van der Waals surface area contributed by atoms with Crippen molar-refractivity contribution in [2.24, 2.45) is 11.8 Å². The molecule has 2 aliphatic heterocycles. The van der Waals surface area contributed by atoms with Crippen molar-refractivity contribution in [2.45, 2.75) is 64.5 Å². The topological polar surface area (TPSA) is 59.1 Å². The lowest BCUT2D eigenvalue weighted by Gasteiger charge is -2.37. The van der Waals surface area contributed by atoms with E-state index in [0.29, 0.717) is 30.4 Å². The van der Waals surface area contributed by atoms with Crippen LogP contribution >= 0.6 is 0 Å². The SMILES string of the molecule is CCCCOc1cccc(C2C3=C(OC4CCC(C)CC4C3=O)C(=O)N2CCCN(C)C)c1. The summed E-state index contributed by atoms with van der Waals surface area (Å²) in [6, 6.07) is 7.49. The Morgan fingerprint density at radius 2 is 2.00 bits per heavy atom. The number of carbonyl (C=O) groups excluding carboxylic acids is 2. The quantitative estimate of drug-likeness (QED) is 0.519. The molecule has 4 atom stereocenters. The maximum Gasteiger partial charge on any atom is 0.290 e. The van der Waals surface area contributed by atoms with E-state index in [1.807, 2.05) is 43.3 Å². The minimum absolute atomic E-state index is 0.110. The first-order valence-corrected chi connectivity index (χ1v) is 12.5. The van der Waals surface area contributed by atoms with Crippen molar-refractivity contribution in [1.82, 2.24) is 9.80 Å². The fourth-order valence-electron chi connectivity index (χ4n) is 5.37. The number of benzene rings is 1. The van der Waals surface area contributed by atoms with Crippen LogP contribution in [0.5, 0.6) is 5.75 Å². The Morgan fingerprint density at radius 3 is 2.76 bits per heavy atom. The number of hydrogen-bond donors (Lipinski definition) is 0. The molecule has 0 aromatic heterocycles. The van der Waals surface area contributed by atoms with E-state index in [9.17, 15) is 9.59 Å². The van der Waals surface area contributed by atoms with Gasteiger partial charge < -0.3 is 19.3 Å². The van der Waals surface area contributed by atoms with E-state index in [2.05, 4.69) is 18.7 Å². The summed E-state index contributed by atoms with van der Waals surface area (Å²) in [5.74, 6) is 1.40. The van der Waals surface area contributed by atoms with Gasteiger partial charge in [0.15, 0.2) is 11.5 Å². The van der Waals surface area contributed by atoms with Crippen molar-refractivity contribution in [3.63, 3.8) is 0 Å². The number of rotatable bonds is 9. The van der Waals surface area contributed by atoms with Crippen LogP contribution in [0.3, 0.4) is 0 Å². The fourth-order valence-corrected chi connectivity index (χ4v) is 5.37. The van der Waals surface area contributed by atoms with E-state index in [1.54, 1.807) is 0 Å². The Bertz CT molecular complexity index is 909. The Hall–Kier alpha value is -2.34. The number of fused-ring (bicyclic) bond motifs is 1. The van der Waals surface area contributed by atoms with E-state index in [0.717, 1.165) is 56.4 Å². The molecule has 180 valence electrons. The lowest BCUT2D eigenvalue weighted by Crippen LogP contribution is -2.41. The van der Waals surface area contributed by atoms with Crippen LogP contribution in [0, 0.1) is 11.8 Å². The molecule has 0 radical (unpaired) electrons. The number of carbonyl (C=O) groups is 2. The second-order valence-electron chi connectivity index (χ2n) is 10.1. The summed E-state index contributed by atoms with van der Waals surface area (Å²) < 4.78 is 12.2. The minimum Gasteiger partial charge on any atom is -0.494 e. The van der Waals surface area contributed by atoms with Crippen molar-refractivity contribution >= 4 is 11.7 Å². The summed E-state index contributed by atoms with van der Waals surface area (Å²) in [5.41, 5.74) is 1.48. The third-order valence-electron chi connectivity index (χ3n) is 7.15. The molecule has 0 spiro atoms. The van der Waals surface area contributed by atoms with Crippen molar-refractivity contribution < 1.29 is 19.1 Å². The van der Waals surface area contributed by atoms with Crippen LogP contribution in [0.4, 0.5) is 0 Å². The second-order valence-corrected chi connectivity index (χ2v) is 10.1. The molecule has 4 rings (SSSR count). The number of amides is 1. The van der Waals surface area contributed by atoms with Gasteiger partial charge in [0, 0.05) is 6.54 Å². The summed E-state index contributed by atoms with van der Waals surface area (Å²) >= 11 is 0. The summed E-state index contributed by atoms with van der Waals surface area (Å²) in [4.78, 5) is 31.3. The van der Waals surface area contributed by atoms with E-state index >= 15 is 0 Å². The number of unbranched alkanes of at least 4 members (excludes halogenated alkanes) is 1. The molecule has 1 aromatic rings. The van der Waals surface area contributed by atoms with Crippen molar-refractivity contribution in [3.05, 3.63) is 41.2 Å². The first kappa shape index (κ1) is 23.8. The molecular formula is C27H38N2O4. The Labute approximate surface area is 197 Å². The third kappa shape index (κ3) is 4.96. The molecule has 1 saturated carbocycles. The van der Waals surface area contributed by atoms with Crippen LogP contribution in [0.15, 0.2) is 35.6 Å². The molecule has 0 N–H and O–H groups in total. The van der Waals surface area contributed by atoms with Crippen molar-refractivity contribution in [2.75, 3.05) is 33.8 Å². The number of hydrogen-bond acceptors (Lipinski definition) is 5. The van der Waals surface area contributed by atoms with Gasteiger partial charge in [0.1, 0.15) is 11.9 Å². The predicted molar refractivity (Wildman–Crippen MR) is 128 cm³/mol. The molecule has 1 aliphatic carbocycles. The van der Waals surface area contributed by atoms with Gasteiger partial charge in [-0.15, -0.1) is 0 Å². The average Bonchev–Trinajstić information content (AvgIpc) is 3.07. The highest BCUT2D eigenvalue weighted by Crippen LogP contribution is 2.47. The van der Waals surface area contributed by atoms with Gasteiger partial charge in [-0.05, 0) is 76.4 Å². The highest BCUT2D eigenvalue weighted by Gasteiger charge is 2.52. The summed E-state index contributed by atoms with van der Waals surface area (Å²) in [6.07, 6.45) is 5.45. The van der Waals surface area contributed by atoms with Crippen LogP contribution in [-0.4, -0.2) is 61.4 Å². The molecule has 1 amide bonds. The third-order valence-corrected chi connectivity index (χ3v) is 7.15. The number of ketones is 1. The number of Topliss-reactive ketones (excluding diaryl/α,β-unsaturated/α-hetero) is 1. The Balaban J connectivity index is 1.67. The van der Waals surface area contributed by atoms with Crippen molar-refractivity contribution in [3.8, 4) is 5.75 Å². The first-order valence-electron chi connectivity index (χ1n) is 12.5. The largest absolute Gasteiger partial charge is 0.494 e. The molecule has 6 heteroatoms. The fraction of sp³-hybridized carbons (Fsp3) is 0.630. The lowest BCUT2D eigenvalue weighted by molar-refractivity contribution is -0.136. The summed E-state index contributed by atoms with van der Waals surface area (Å²) in [6.45, 7) is 6.46. The Kier molecular flexibility index (Phi) is 7.42. The van der Waals surface area contributed by atoms with Gasteiger partial charge >= 0.3 is 0 Å². The number of nitrogens with zero attached hydrogens (tertiary/aromatic N) is 2. The van der Waals surface area contributed by atoms with E-state index in [-0.39, 0.29) is 23.7 Å². The van der Waals surface area contributed by atoms with Gasteiger partial charge in [-0.25, -0.2) is 0 Å². The summed E-state index contributed by atoms with van der Waals surface area (Å²) in [5, 5.41) is 0. The van der Waals surface area contributed by atoms with E-state index in [1.165, 1.54) is 0 Å². The van der Waals surface area contributed by atoms with E-state index < -0.39 is 6.04 Å². The molecule has 0 bridgehead atoms. The van der Waals surface area contributed by atoms with Crippen LogP contribution in [0.25, 0.3) is 0 Å². The smallest absolute Gasteiger partial charge is 0.290 e.